The molecule has 0 bridgehead atoms. The molecule has 0 radical (unpaired) electrons. The third kappa shape index (κ3) is 5.62. The van der Waals surface area contributed by atoms with Gasteiger partial charge in [-0.2, -0.15) is 0 Å². The Labute approximate surface area is 131 Å². The first-order chi connectivity index (χ1) is 10.3. The van der Waals surface area contributed by atoms with Crippen LogP contribution in [0.1, 0.15) is 71.1 Å². The summed E-state index contributed by atoms with van der Waals surface area (Å²) >= 11 is 0. The number of rotatable bonds is 7. The average molecular weight is 290 g/mol. The largest absolute Gasteiger partial charge is 0.374 e. The minimum Gasteiger partial charge on any atom is -0.374 e. The second-order valence-electron chi connectivity index (χ2n) is 7.09. The zero-order chi connectivity index (χ0) is 14.9. The summed E-state index contributed by atoms with van der Waals surface area (Å²) < 4.78 is 5.82. The van der Waals surface area contributed by atoms with Gasteiger partial charge in [-0.15, -0.1) is 6.58 Å². The van der Waals surface area contributed by atoms with Crippen LogP contribution in [-0.2, 0) is 4.74 Å². The Balaban J connectivity index is 1.63. The molecule has 0 atom stereocenters. The van der Waals surface area contributed by atoms with E-state index < -0.39 is 0 Å². The molecule has 2 aliphatic carbocycles. The van der Waals surface area contributed by atoms with Crippen LogP contribution in [0.3, 0.4) is 0 Å². The van der Waals surface area contributed by atoms with Crippen LogP contribution in [0.2, 0.25) is 0 Å². The van der Waals surface area contributed by atoms with Gasteiger partial charge in [0, 0.05) is 0 Å². The molecule has 21 heavy (non-hydrogen) atoms. The molecule has 0 spiro atoms. The van der Waals surface area contributed by atoms with E-state index in [4.69, 9.17) is 4.74 Å². The van der Waals surface area contributed by atoms with E-state index in [-0.39, 0.29) is 0 Å². The number of ether oxygens (including phenoxy) is 1. The zero-order valence-electron chi connectivity index (χ0n) is 13.9. The van der Waals surface area contributed by atoms with Gasteiger partial charge < -0.3 is 4.74 Å². The van der Waals surface area contributed by atoms with Crippen LogP contribution in [0.15, 0.2) is 24.8 Å². The fraction of sp³-hybridized carbons (Fsp3) is 0.800. The molecule has 1 heteroatoms. The zero-order valence-corrected chi connectivity index (χ0v) is 13.9. The molecule has 0 heterocycles. The molecule has 1 nitrogen and oxygen atoms in total. The lowest BCUT2D eigenvalue weighted by Gasteiger charge is -2.37. The van der Waals surface area contributed by atoms with Gasteiger partial charge >= 0.3 is 0 Å². The van der Waals surface area contributed by atoms with Gasteiger partial charge in [-0.05, 0) is 76.0 Å². The maximum atomic E-state index is 5.82. The SMILES string of the molecule is C=CCO[C@H]1CC[C@H]([C@H]2CC[C@H](CC/C=C/C)CC2)CC1. The Hall–Kier alpha value is -0.560. The molecule has 0 amide bonds. The van der Waals surface area contributed by atoms with Crippen molar-refractivity contribution in [1.82, 2.24) is 0 Å². The Morgan fingerprint density at radius 1 is 0.952 bits per heavy atom. The minimum absolute atomic E-state index is 0.511. The first-order valence-corrected chi connectivity index (χ1v) is 9.17. The molecule has 0 saturated heterocycles. The highest BCUT2D eigenvalue weighted by atomic mass is 16.5. The maximum absolute atomic E-state index is 5.82. The quantitative estimate of drug-likeness (QED) is 0.529. The summed E-state index contributed by atoms with van der Waals surface area (Å²) in [4.78, 5) is 0. The number of allylic oxidation sites excluding steroid dienone is 2. The van der Waals surface area contributed by atoms with Gasteiger partial charge in [-0.25, -0.2) is 0 Å². The molecule has 0 N–H and O–H groups in total. The van der Waals surface area contributed by atoms with E-state index in [1.54, 1.807) is 0 Å². The van der Waals surface area contributed by atoms with Gasteiger partial charge in [0.05, 0.1) is 12.7 Å². The van der Waals surface area contributed by atoms with E-state index in [1.165, 1.54) is 64.2 Å². The second-order valence-corrected chi connectivity index (χ2v) is 7.09. The van der Waals surface area contributed by atoms with E-state index in [1.807, 2.05) is 6.08 Å². The first kappa shape index (κ1) is 16.8. The summed E-state index contributed by atoms with van der Waals surface area (Å²) in [5.74, 6) is 3.01. The molecule has 2 aliphatic rings. The van der Waals surface area contributed by atoms with E-state index in [0.717, 1.165) is 24.4 Å². The highest BCUT2D eigenvalue weighted by Crippen LogP contribution is 2.41. The fourth-order valence-corrected chi connectivity index (χ4v) is 4.38. The van der Waals surface area contributed by atoms with Crippen molar-refractivity contribution >= 4 is 0 Å². The normalized spacial score (nSPS) is 34.1. The van der Waals surface area contributed by atoms with Crippen molar-refractivity contribution in [2.75, 3.05) is 6.61 Å². The van der Waals surface area contributed by atoms with E-state index in [2.05, 4.69) is 25.7 Å². The van der Waals surface area contributed by atoms with Crippen molar-refractivity contribution in [3.05, 3.63) is 24.8 Å². The summed E-state index contributed by atoms with van der Waals surface area (Å²) in [5.41, 5.74) is 0. The molecule has 0 aromatic rings. The first-order valence-electron chi connectivity index (χ1n) is 9.17. The van der Waals surface area contributed by atoms with Crippen molar-refractivity contribution in [3.8, 4) is 0 Å². The van der Waals surface area contributed by atoms with Crippen molar-refractivity contribution in [3.63, 3.8) is 0 Å². The second kappa shape index (κ2) is 9.46. The predicted molar refractivity (Wildman–Crippen MR) is 91.4 cm³/mol. The standard InChI is InChI=1S/C20H34O/c1-3-5-6-7-17-8-10-18(11-9-17)19-12-14-20(15-13-19)21-16-4-2/h3-5,17-20H,2,6-16H2,1H3/b5-3+/t17-,18-,19-,20-. The molecule has 120 valence electrons. The van der Waals surface area contributed by atoms with Gasteiger partial charge in [0.2, 0.25) is 0 Å². The van der Waals surface area contributed by atoms with E-state index in [9.17, 15) is 0 Å². The summed E-state index contributed by atoms with van der Waals surface area (Å²) in [5, 5.41) is 0. The van der Waals surface area contributed by atoms with Crippen LogP contribution < -0.4 is 0 Å². The van der Waals surface area contributed by atoms with Crippen LogP contribution in [0.5, 0.6) is 0 Å². The number of hydrogen-bond acceptors (Lipinski definition) is 1. The summed E-state index contributed by atoms with van der Waals surface area (Å²) in [6, 6.07) is 0. The van der Waals surface area contributed by atoms with Crippen LogP contribution in [-0.4, -0.2) is 12.7 Å². The van der Waals surface area contributed by atoms with Gasteiger partial charge in [0.1, 0.15) is 0 Å². The van der Waals surface area contributed by atoms with Crippen LogP contribution in [0.4, 0.5) is 0 Å². The fourth-order valence-electron chi connectivity index (χ4n) is 4.38. The van der Waals surface area contributed by atoms with Crippen molar-refractivity contribution in [2.24, 2.45) is 17.8 Å². The Morgan fingerprint density at radius 3 is 2.14 bits per heavy atom. The third-order valence-electron chi connectivity index (χ3n) is 5.70. The third-order valence-corrected chi connectivity index (χ3v) is 5.70. The van der Waals surface area contributed by atoms with Crippen LogP contribution in [0, 0.1) is 17.8 Å². The lowest BCUT2D eigenvalue weighted by molar-refractivity contribution is 0.0211. The molecular formula is C20H34O. The predicted octanol–water partition coefficient (Wildman–Crippen LogP) is 5.91. The van der Waals surface area contributed by atoms with Crippen molar-refractivity contribution < 1.29 is 4.74 Å². The van der Waals surface area contributed by atoms with E-state index in [0.29, 0.717) is 6.10 Å². The molecule has 2 rings (SSSR count). The van der Waals surface area contributed by atoms with Crippen LogP contribution in [0.25, 0.3) is 0 Å². The summed E-state index contributed by atoms with van der Waals surface area (Å²) in [6.07, 6.45) is 20.9. The molecule has 0 aromatic heterocycles. The Morgan fingerprint density at radius 2 is 1.57 bits per heavy atom. The lowest BCUT2D eigenvalue weighted by Crippen LogP contribution is -2.28. The van der Waals surface area contributed by atoms with Gasteiger partial charge in [-0.1, -0.05) is 31.1 Å². The van der Waals surface area contributed by atoms with Gasteiger partial charge in [0.15, 0.2) is 0 Å². The average Bonchev–Trinajstić information content (AvgIpc) is 2.54. The monoisotopic (exact) mass is 290 g/mol. The molecule has 0 unspecified atom stereocenters. The summed E-state index contributed by atoms with van der Waals surface area (Å²) in [7, 11) is 0. The Kier molecular flexibility index (Phi) is 7.57. The highest BCUT2D eigenvalue weighted by molar-refractivity contribution is 4.84. The molecule has 2 fully saturated rings. The molecule has 0 aromatic carbocycles. The van der Waals surface area contributed by atoms with Crippen molar-refractivity contribution in [2.45, 2.75) is 77.2 Å². The molecular weight excluding hydrogens is 256 g/mol. The minimum atomic E-state index is 0.511. The Bertz CT molecular complexity index is 304. The summed E-state index contributed by atoms with van der Waals surface area (Å²) in [6.45, 7) is 6.60. The maximum Gasteiger partial charge on any atom is 0.0648 e. The molecule has 0 aliphatic heterocycles. The topological polar surface area (TPSA) is 9.23 Å². The highest BCUT2D eigenvalue weighted by Gasteiger charge is 2.30. The number of hydrogen-bond donors (Lipinski definition) is 0. The van der Waals surface area contributed by atoms with Gasteiger partial charge in [-0.3, -0.25) is 0 Å². The smallest absolute Gasteiger partial charge is 0.0648 e. The van der Waals surface area contributed by atoms with Gasteiger partial charge in [0.25, 0.3) is 0 Å². The molecule has 2 saturated carbocycles. The van der Waals surface area contributed by atoms with Crippen LogP contribution >= 0.6 is 0 Å². The van der Waals surface area contributed by atoms with E-state index >= 15 is 0 Å². The lowest BCUT2D eigenvalue weighted by atomic mass is 9.70. The van der Waals surface area contributed by atoms with Crippen molar-refractivity contribution in [1.29, 1.82) is 0 Å².